The number of hydrogen-bond donors (Lipinski definition) is 2. The van der Waals surface area contributed by atoms with Crippen LogP contribution in [0.2, 0.25) is 0 Å². The number of rotatable bonds is 5. The van der Waals surface area contributed by atoms with Crippen LogP contribution >= 0.6 is 0 Å². The Morgan fingerprint density at radius 2 is 2.00 bits per heavy atom. The molecule has 0 spiro atoms. The van der Waals surface area contributed by atoms with E-state index in [0.29, 0.717) is 25.6 Å². The van der Waals surface area contributed by atoms with Crippen LogP contribution in [0.15, 0.2) is 0 Å². The zero-order valence-electron chi connectivity index (χ0n) is 11.7. The van der Waals surface area contributed by atoms with Crippen LogP contribution in [-0.2, 0) is 9.53 Å². The average molecular weight is 242 g/mol. The summed E-state index contributed by atoms with van der Waals surface area (Å²) in [6.07, 6.45) is 1.51. The minimum absolute atomic E-state index is 0.0765. The van der Waals surface area contributed by atoms with E-state index in [4.69, 9.17) is 4.74 Å². The smallest absolute Gasteiger partial charge is 0.221 e. The van der Waals surface area contributed by atoms with Crippen molar-refractivity contribution < 1.29 is 9.53 Å². The van der Waals surface area contributed by atoms with Crippen molar-refractivity contribution in [1.29, 1.82) is 0 Å². The number of carbonyl (C=O) groups excluding carboxylic acids is 1. The highest BCUT2D eigenvalue weighted by Crippen LogP contribution is 2.37. The Kier molecular flexibility index (Phi) is 4.55. The lowest BCUT2D eigenvalue weighted by atomic mass is 9.94. The molecular weight excluding hydrogens is 216 g/mol. The molecule has 1 amide bonds. The topological polar surface area (TPSA) is 50.4 Å². The summed E-state index contributed by atoms with van der Waals surface area (Å²) in [5, 5.41) is 6.23. The van der Waals surface area contributed by atoms with Crippen molar-refractivity contribution in [2.45, 2.75) is 64.7 Å². The Bertz CT molecular complexity index is 275. The minimum atomic E-state index is -0.162. The first-order valence-electron chi connectivity index (χ1n) is 6.47. The van der Waals surface area contributed by atoms with Gasteiger partial charge < -0.3 is 15.4 Å². The van der Waals surface area contributed by atoms with Crippen molar-refractivity contribution >= 4 is 5.91 Å². The van der Waals surface area contributed by atoms with Gasteiger partial charge in [0.25, 0.3) is 0 Å². The third-order valence-electron chi connectivity index (χ3n) is 3.19. The first-order valence-corrected chi connectivity index (χ1v) is 6.47. The number of ether oxygens (including phenoxy) is 1. The molecule has 1 aliphatic rings. The van der Waals surface area contributed by atoms with Gasteiger partial charge >= 0.3 is 0 Å². The Labute approximate surface area is 104 Å². The summed E-state index contributed by atoms with van der Waals surface area (Å²) in [5.41, 5.74) is -0.239. The van der Waals surface area contributed by atoms with Crippen LogP contribution in [0.4, 0.5) is 0 Å². The Morgan fingerprint density at radius 1 is 1.35 bits per heavy atom. The van der Waals surface area contributed by atoms with Crippen LogP contribution < -0.4 is 10.6 Å². The fourth-order valence-corrected chi connectivity index (χ4v) is 2.53. The first-order chi connectivity index (χ1) is 7.77. The maximum atomic E-state index is 11.3. The molecule has 1 fully saturated rings. The van der Waals surface area contributed by atoms with E-state index in [9.17, 15) is 4.79 Å². The van der Waals surface area contributed by atoms with Gasteiger partial charge in [-0.2, -0.15) is 0 Å². The molecule has 100 valence electrons. The lowest BCUT2D eigenvalue weighted by Gasteiger charge is -2.27. The van der Waals surface area contributed by atoms with Crippen LogP contribution in [0.5, 0.6) is 0 Å². The van der Waals surface area contributed by atoms with Crippen LogP contribution in [0, 0.1) is 0 Å². The fraction of sp³-hybridized carbons (Fsp3) is 0.923. The summed E-state index contributed by atoms with van der Waals surface area (Å²) in [6.45, 7) is 11.8. The second kappa shape index (κ2) is 5.36. The van der Waals surface area contributed by atoms with Gasteiger partial charge in [-0.15, -0.1) is 0 Å². The third kappa shape index (κ3) is 4.28. The monoisotopic (exact) mass is 242 g/mol. The van der Waals surface area contributed by atoms with E-state index in [0.717, 1.165) is 6.42 Å². The maximum absolute atomic E-state index is 11.3. The maximum Gasteiger partial charge on any atom is 0.221 e. The molecule has 0 saturated carbocycles. The molecule has 0 bridgehead atoms. The number of hydrogen-bond acceptors (Lipinski definition) is 3. The van der Waals surface area contributed by atoms with Gasteiger partial charge in [0.05, 0.1) is 11.2 Å². The molecule has 1 aliphatic heterocycles. The SMILES string of the molecule is CCNC(=O)CCNC1CC(C)(C)OC1(C)C. The highest BCUT2D eigenvalue weighted by Gasteiger charge is 2.45. The lowest BCUT2D eigenvalue weighted by molar-refractivity contribution is -0.121. The molecule has 0 aromatic rings. The van der Waals surface area contributed by atoms with E-state index < -0.39 is 0 Å². The molecule has 1 atom stereocenters. The Hall–Kier alpha value is -0.610. The van der Waals surface area contributed by atoms with Crippen molar-refractivity contribution in [3.63, 3.8) is 0 Å². The van der Waals surface area contributed by atoms with Gasteiger partial charge in [-0.25, -0.2) is 0 Å². The van der Waals surface area contributed by atoms with Gasteiger partial charge in [-0.05, 0) is 41.0 Å². The molecule has 1 saturated heterocycles. The van der Waals surface area contributed by atoms with E-state index in [1.807, 2.05) is 6.92 Å². The van der Waals surface area contributed by atoms with Crippen LogP contribution in [-0.4, -0.2) is 36.2 Å². The summed E-state index contributed by atoms with van der Waals surface area (Å²) in [4.78, 5) is 11.3. The molecule has 0 aromatic carbocycles. The molecule has 0 aromatic heterocycles. The average Bonchev–Trinajstić information content (AvgIpc) is 2.34. The van der Waals surface area contributed by atoms with Gasteiger partial charge in [-0.3, -0.25) is 4.79 Å². The summed E-state index contributed by atoms with van der Waals surface area (Å²) in [7, 11) is 0. The molecular formula is C13H26N2O2. The van der Waals surface area contributed by atoms with Gasteiger partial charge in [0.15, 0.2) is 0 Å². The zero-order chi connectivity index (χ0) is 13.1. The van der Waals surface area contributed by atoms with Gasteiger partial charge in [0.2, 0.25) is 5.91 Å². The van der Waals surface area contributed by atoms with Crippen molar-refractivity contribution in [2.75, 3.05) is 13.1 Å². The van der Waals surface area contributed by atoms with E-state index in [1.165, 1.54) is 0 Å². The minimum Gasteiger partial charge on any atom is -0.368 e. The summed E-state index contributed by atoms with van der Waals surface area (Å²) in [5.74, 6) is 0.107. The summed E-state index contributed by atoms with van der Waals surface area (Å²) >= 11 is 0. The van der Waals surface area contributed by atoms with Crippen molar-refractivity contribution in [3.8, 4) is 0 Å². The van der Waals surface area contributed by atoms with Crippen molar-refractivity contribution in [3.05, 3.63) is 0 Å². The quantitative estimate of drug-likeness (QED) is 0.767. The van der Waals surface area contributed by atoms with Gasteiger partial charge in [0, 0.05) is 25.6 Å². The first kappa shape index (κ1) is 14.5. The normalized spacial score (nSPS) is 25.8. The van der Waals surface area contributed by atoms with Crippen molar-refractivity contribution in [1.82, 2.24) is 10.6 Å². The van der Waals surface area contributed by atoms with Gasteiger partial charge in [0.1, 0.15) is 0 Å². The van der Waals surface area contributed by atoms with E-state index in [-0.39, 0.29) is 17.1 Å². The summed E-state index contributed by atoms with van der Waals surface area (Å²) in [6, 6.07) is 0.312. The molecule has 1 rings (SSSR count). The zero-order valence-corrected chi connectivity index (χ0v) is 11.7. The molecule has 0 radical (unpaired) electrons. The second-order valence-electron chi connectivity index (χ2n) is 5.88. The molecule has 1 heterocycles. The fourth-order valence-electron chi connectivity index (χ4n) is 2.53. The lowest BCUT2D eigenvalue weighted by Crippen LogP contribution is -2.44. The molecule has 2 N–H and O–H groups in total. The van der Waals surface area contributed by atoms with Crippen LogP contribution in [0.3, 0.4) is 0 Å². The van der Waals surface area contributed by atoms with E-state index in [1.54, 1.807) is 0 Å². The number of carbonyl (C=O) groups is 1. The largest absolute Gasteiger partial charge is 0.368 e. The van der Waals surface area contributed by atoms with E-state index in [2.05, 4.69) is 38.3 Å². The predicted octanol–water partition coefficient (Wildman–Crippen LogP) is 1.45. The Morgan fingerprint density at radius 3 is 2.47 bits per heavy atom. The molecule has 1 unspecified atom stereocenters. The predicted molar refractivity (Wildman–Crippen MR) is 69.0 cm³/mol. The summed E-state index contributed by atoms with van der Waals surface area (Å²) < 4.78 is 5.99. The number of nitrogens with one attached hydrogen (secondary N) is 2. The highest BCUT2D eigenvalue weighted by atomic mass is 16.5. The number of amides is 1. The van der Waals surface area contributed by atoms with Crippen LogP contribution in [0.25, 0.3) is 0 Å². The highest BCUT2D eigenvalue weighted by molar-refractivity contribution is 5.75. The molecule has 0 aliphatic carbocycles. The molecule has 4 nitrogen and oxygen atoms in total. The standard InChI is InChI=1S/C13H26N2O2/c1-6-14-11(16)7-8-15-10-9-12(2,3)17-13(10,4)5/h10,15H,6-9H2,1-5H3,(H,14,16). The van der Waals surface area contributed by atoms with E-state index >= 15 is 0 Å². The Balaban J connectivity index is 2.35. The second-order valence-corrected chi connectivity index (χ2v) is 5.88. The van der Waals surface area contributed by atoms with Crippen LogP contribution in [0.1, 0.15) is 47.5 Å². The van der Waals surface area contributed by atoms with Crippen molar-refractivity contribution in [2.24, 2.45) is 0 Å². The molecule has 17 heavy (non-hydrogen) atoms. The van der Waals surface area contributed by atoms with Gasteiger partial charge in [-0.1, -0.05) is 0 Å². The third-order valence-corrected chi connectivity index (χ3v) is 3.19. The molecule has 4 heteroatoms.